The Labute approximate surface area is 102 Å². The minimum atomic E-state index is -0.902. The summed E-state index contributed by atoms with van der Waals surface area (Å²) in [5, 5.41) is 8.48. The summed E-state index contributed by atoms with van der Waals surface area (Å²) in [4.78, 5) is 10.3. The molecule has 2 unspecified atom stereocenters. The molecule has 1 saturated carbocycles. The zero-order valence-corrected chi connectivity index (χ0v) is 10.4. The van der Waals surface area contributed by atoms with Gasteiger partial charge < -0.3 is 19.3 Å². The van der Waals surface area contributed by atoms with Gasteiger partial charge in [0.05, 0.1) is 13.2 Å². The van der Waals surface area contributed by atoms with Crippen LogP contribution >= 0.6 is 0 Å². The van der Waals surface area contributed by atoms with E-state index < -0.39 is 5.97 Å². The van der Waals surface area contributed by atoms with Crippen LogP contribution in [0, 0.1) is 11.8 Å². The van der Waals surface area contributed by atoms with E-state index in [-0.39, 0.29) is 6.61 Å². The highest BCUT2D eigenvalue weighted by Gasteiger charge is 2.22. The first-order valence-corrected chi connectivity index (χ1v) is 6.08. The number of hydrogen-bond acceptors (Lipinski definition) is 4. The van der Waals surface area contributed by atoms with Gasteiger partial charge in [-0.2, -0.15) is 0 Å². The van der Waals surface area contributed by atoms with Gasteiger partial charge in [0.15, 0.2) is 0 Å². The molecule has 0 aliphatic heterocycles. The lowest BCUT2D eigenvalue weighted by atomic mass is 9.82. The van der Waals surface area contributed by atoms with E-state index in [1.165, 1.54) is 12.8 Å². The van der Waals surface area contributed by atoms with E-state index in [4.69, 9.17) is 19.3 Å². The Morgan fingerprint density at radius 2 is 1.88 bits per heavy atom. The summed E-state index contributed by atoms with van der Waals surface area (Å²) in [6.45, 7) is 1.42. The molecule has 0 heterocycles. The van der Waals surface area contributed by atoms with Crippen LogP contribution in [-0.2, 0) is 19.0 Å². The highest BCUT2D eigenvalue weighted by molar-refractivity contribution is 5.67. The Morgan fingerprint density at radius 3 is 2.47 bits per heavy atom. The van der Waals surface area contributed by atoms with Crippen molar-refractivity contribution < 1.29 is 24.1 Å². The molecule has 1 N–H and O–H groups in total. The predicted octanol–water partition coefficient (Wildman–Crippen LogP) is 1.51. The molecule has 2 atom stereocenters. The monoisotopic (exact) mass is 246 g/mol. The first-order chi connectivity index (χ1) is 8.22. The maximum absolute atomic E-state index is 10.3. The van der Waals surface area contributed by atoms with E-state index in [1.54, 1.807) is 7.11 Å². The summed E-state index contributed by atoms with van der Waals surface area (Å²) in [5.74, 6) is 0.123. The molecule has 5 nitrogen and oxygen atoms in total. The number of rotatable bonds is 8. The Morgan fingerprint density at radius 1 is 1.24 bits per heavy atom. The van der Waals surface area contributed by atoms with Crippen LogP contribution in [-0.4, -0.2) is 44.8 Å². The number of carbonyl (C=O) groups is 1. The minimum absolute atomic E-state index is 0.193. The second kappa shape index (κ2) is 8.44. The Bertz CT molecular complexity index is 219. The third-order valence-electron chi connectivity index (χ3n) is 3.03. The van der Waals surface area contributed by atoms with Crippen LogP contribution in [0.4, 0.5) is 0 Å². The zero-order valence-electron chi connectivity index (χ0n) is 10.4. The molecule has 0 saturated heterocycles. The normalized spacial score (nSPS) is 24.8. The van der Waals surface area contributed by atoms with Crippen molar-refractivity contribution in [3.63, 3.8) is 0 Å². The Balaban J connectivity index is 2.12. The molecule has 0 spiro atoms. The van der Waals surface area contributed by atoms with Crippen molar-refractivity contribution in [1.29, 1.82) is 0 Å². The van der Waals surface area contributed by atoms with Crippen LogP contribution in [0.1, 0.15) is 25.7 Å². The van der Waals surface area contributed by atoms with Gasteiger partial charge in [-0.25, -0.2) is 4.79 Å². The molecule has 0 aromatic carbocycles. The molecule has 0 bridgehead atoms. The van der Waals surface area contributed by atoms with E-state index in [0.717, 1.165) is 19.4 Å². The molecular formula is C12H22O5. The summed E-state index contributed by atoms with van der Waals surface area (Å²) >= 11 is 0. The molecular weight excluding hydrogens is 224 g/mol. The van der Waals surface area contributed by atoms with E-state index in [9.17, 15) is 4.79 Å². The zero-order chi connectivity index (χ0) is 12.5. The number of carboxylic acid groups (broad SMARTS) is 1. The van der Waals surface area contributed by atoms with Crippen LogP contribution < -0.4 is 0 Å². The third-order valence-corrected chi connectivity index (χ3v) is 3.03. The summed E-state index contributed by atoms with van der Waals surface area (Å²) < 4.78 is 15.3. The number of aliphatic carboxylic acids is 1. The third kappa shape index (κ3) is 6.61. The molecule has 5 heteroatoms. The van der Waals surface area contributed by atoms with Gasteiger partial charge in [0.25, 0.3) is 0 Å². The van der Waals surface area contributed by atoms with Crippen LogP contribution in [0.15, 0.2) is 0 Å². The number of methoxy groups -OCH3 is 1. The van der Waals surface area contributed by atoms with E-state index in [2.05, 4.69) is 0 Å². The number of carboxylic acids is 1. The molecule has 17 heavy (non-hydrogen) atoms. The number of hydrogen-bond donors (Lipinski definition) is 1. The van der Waals surface area contributed by atoms with Crippen LogP contribution in [0.25, 0.3) is 0 Å². The van der Waals surface area contributed by atoms with Gasteiger partial charge in [-0.15, -0.1) is 0 Å². The molecule has 1 aliphatic rings. The quantitative estimate of drug-likeness (QED) is 0.519. The standard InChI is InChI=1S/C12H22O5/c1-15-9-17-7-11-4-2-3-10(5-11)6-16-8-12(13)14/h10-11H,2-9H2,1H3,(H,13,14). The van der Waals surface area contributed by atoms with E-state index in [1.807, 2.05) is 0 Å². The van der Waals surface area contributed by atoms with Crippen LogP contribution in [0.3, 0.4) is 0 Å². The smallest absolute Gasteiger partial charge is 0.329 e. The SMILES string of the molecule is COCOCC1CCCC(COCC(=O)O)C1. The molecule has 100 valence electrons. The van der Waals surface area contributed by atoms with Gasteiger partial charge in [0, 0.05) is 7.11 Å². The molecule has 0 radical (unpaired) electrons. The Kier molecular flexibility index (Phi) is 7.16. The van der Waals surface area contributed by atoms with Crippen molar-refractivity contribution in [2.75, 3.05) is 33.7 Å². The van der Waals surface area contributed by atoms with Crippen molar-refractivity contribution in [2.24, 2.45) is 11.8 Å². The van der Waals surface area contributed by atoms with E-state index in [0.29, 0.717) is 25.2 Å². The van der Waals surface area contributed by atoms with Crippen LogP contribution in [0.2, 0.25) is 0 Å². The molecule has 1 aliphatic carbocycles. The fourth-order valence-electron chi connectivity index (χ4n) is 2.32. The van der Waals surface area contributed by atoms with Crippen molar-refractivity contribution in [3.05, 3.63) is 0 Å². The van der Waals surface area contributed by atoms with Gasteiger partial charge in [0.1, 0.15) is 13.4 Å². The highest BCUT2D eigenvalue weighted by Crippen LogP contribution is 2.29. The first-order valence-electron chi connectivity index (χ1n) is 6.08. The molecule has 1 rings (SSSR count). The number of ether oxygens (including phenoxy) is 3. The first kappa shape index (κ1) is 14.4. The lowest BCUT2D eigenvalue weighted by molar-refractivity contribution is -0.142. The van der Waals surface area contributed by atoms with Crippen molar-refractivity contribution in [2.45, 2.75) is 25.7 Å². The molecule has 0 aromatic heterocycles. The highest BCUT2D eigenvalue weighted by atomic mass is 16.7. The average molecular weight is 246 g/mol. The molecule has 0 aromatic rings. The van der Waals surface area contributed by atoms with E-state index >= 15 is 0 Å². The Hall–Kier alpha value is -0.650. The van der Waals surface area contributed by atoms with Gasteiger partial charge in [-0.1, -0.05) is 6.42 Å². The lowest BCUT2D eigenvalue weighted by Gasteiger charge is -2.28. The largest absolute Gasteiger partial charge is 0.480 e. The average Bonchev–Trinajstić information content (AvgIpc) is 2.29. The fourth-order valence-corrected chi connectivity index (χ4v) is 2.32. The molecule has 0 amide bonds. The fraction of sp³-hybridized carbons (Fsp3) is 0.917. The summed E-state index contributed by atoms with van der Waals surface area (Å²) in [7, 11) is 1.61. The maximum Gasteiger partial charge on any atom is 0.329 e. The van der Waals surface area contributed by atoms with Crippen molar-refractivity contribution in [3.8, 4) is 0 Å². The maximum atomic E-state index is 10.3. The van der Waals surface area contributed by atoms with Crippen molar-refractivity contribution in [1.82, 2.24) is 0 Å². The summed E-state index contributed by atoms with van der Waals surface area (Å²) in [5.41, 5.74) is 0. The van der Waals surface area contributed by atoms with Crippen LogP contribution in [0.5, 0.6) is 0 Å². The predicted molar refractivity (Wildman–Crippen MR) is 61.7 cm³/mol. The van der Waals surface area contributed by atoms with Gasteiger partial charge in [-0.05, 0) is 31.1 Å². The van der Waals surface area contributed by atoms with Crippen molar-refractivity contribution >= 4 is 5.97 Å². The minimum Gasteiger partial charge on any atom is -0.480 e. The topological polar surface area (TPSA) is 65.0 Å². The van der Waals surface area contributed by atoms with Gasteiger partial charge in [-0.3, -0.25) is 0 Å². The summed E-state index contributed by atoms with van der Waals surface area (Å²) in [6.07, 6.45) is 4.53. The second-order valence-corrected chi connectivity index (χ2v) is 4.58. The lowest BCUT2D eigenvalue weighted by Crippen LogP contribution is -2.24. The second-order valence-electron chi connectivity index (χ2n) is 4.58. The van der Waals surface area contributed by atoms with Gasteiger partial charge >= 0.3 is 5.97 Å². The summed E-state index contributed by atoms with van der Waals surface area (Å²) in [6, 6.07) is 0. The van der Waals surface area contributed by atoms with Gasteiger partial charge in [0.2, 0.25) is 0 Å². The molecule has 1 fully saturated rings.